The molecule has 1 heterocycles. The van der Waals surface area contributed by atoms with Crippen molar-refractivity contribution in [1.29, 1.82) is 0 Å². The summed E-state index contributed by atoms with van der Waals surface area (Å²) in [6.07, 6.45) is 8.11. The van der Waals surface area contributed by atoms with E-state index in [-0.39, 0.29) is 11.7 Å². The topological polar surface area (TPSA) is 12.0 Å². The number of nitrogens with one attached hydrogen (secondary N) is 1. The molecule has 2 unspecified atom stereocenters. The Morgan fingerprint density at radius 3 is 3.17 bits per heavy atom. The van der Waals surface area contributed by atoms with Gasteiger partial charge >= 0.3 is 0 Å². The Labute approximate surface area is 71.7 Å². The molecule has 0 aromatic carbocycles. The zero-order valence-corrected chi connectivity index (χ0v) is 7.05. The van der Waals surface area contributed by atoms with Gasteiger partial charge in [-0.1, -0.05) is 13.0 Å². The van der Waals surface area contributed by atoms with Gasteiger partial charge in [0.25, 0.3) is 0 Å². The molecular weight excluding hydrogens is 153 g/mol. The van der Waals surface area contributed by atoms with E-state index in [9.17, 15) is 4.39 Å². The van der Waals surface area contributed by atoms with Crippen molar-refractivity contribution in [2.24, 2.45) is 5.92 Å². The summed E-state index contributed by atoms with van der Waals surface area (Å²) in [4.78, 5) is 0. The normalized spacial score (nSPS) is 32.2. The van der Waals surface area contributed by atoms with Crippen molar-refractivity contribution in [3.8, 4) is 0 Å². The molecule has 1 N–H and O–H groups in total. The largest absolute Gasteiger partial charge is 0.384 e. The fraction of sp³-hybridized carbons (Fsp3) is 0.400. The van der Waals surface area contributed by atoms with Gasteiger partial charge in [0.15, 0.2) is 0 Å². The Kier molecular flexibility index (Phi) is 1.75. The maximum Gasteiger partial charge on any atom is 0.119 e. The second-order valence-corrected chi connectivity index (χ2v) is 3.20. The average Bonchev–Trinajstić information content (AvgIpc) is 2.46. The van der Waals surface area contributed by atoms with Crippen molar-refractivity contribution >= 4 is 0 Å². The Hall–Kier alpha value is -1.05. The summed E-state index contributed by atoms with van der Waals surface area (Å²) in [6, 6.07) is 0.291. The number of hydrogen-bond acceptors (Lipinski definition) is 1. The zero-order chi connectivity index (χ0) is 8.55. The van der Waals surface area contributed by atoms with Crippen molar-refractivity contribution in [2.45, 2.75) is 19.4 Å². The molecule has 0 amide bonds. The highest BCUT2D eigenvalue weighted by Crippen LogP contribution is 2.30. The standard InChI is InChI=1S/C10H12FN/c1-2-7-6-12-10-4-3-8(11)5-9(7)10/h3-6,9-10,12H,2H2,1H3. The molecule has 12 heavy (non-hydrogen) atoms. The molecule has 1 nitrogen and oxygen atoms in total. The maximum atomic E-state index is 12.9. The van der Waals surface area contributed by atoms with E-state index in [0.717, 1.165) is 6.42 Å². The molecule has 0 aromatic heterocycles. The van der Waals surface area contributed by atoms with Crippen LogP contribution in [-0.2, 0) is 0 Å². The molecular formula is C10H12FN. The number of rotatable bonds is 1. The molecule has 0 aromatic rings. The highest BCUT2D eigenvalue weighted by Gasteiger charge is 2.27. The molecule has 0 spiro atoms. The van der Waals surface area contributed by atoms with Crippen molar-refractivity contribution in [3.63, 3.8) is 0 Å². The monoisotopic (exact) mass is 165 g/mol. The van der Waals surface area contributed by atoms with Crippen LogP contribution in [0.2, 0.25) is 0 Å². The highest BCUT2D eigenvalue weighted by atomic mass is 19.1. The lowest BCUT2D eigenvalue weighted by Crippen LogP contribution is -2.25. The lowest BCUT2D eigenvalue weighted by molar-refractivity contribution is 0.574. The van der Waals surface area contributed by atoms with E-state index in [1.165, 1.54) is 11.6 Å². The Morgan fingerprint density at radius 1 is 1.58 bits per heavy atom. The van der Waals surface area contributed by atoms with E-state index < -0.39 is 0 Å². The minimum absolute atomic E-state index is 0.112. The van der Waals surface area contributed by atoms with Gasteiger partial charge in [0.1, 0.15) is 5.83 Å². The second-order valence-electron chi connectivity index (χ2n) is 3.20. The van der Waals surface area contributed by atoms with Gasteiger partial charge in [-0.2, -0.15) is 0 Å². The Morgan fingerprint density at radius 2 is 2.42 bits per heavy atom. The Bertz CT molecular complexity index is 276. The third-order valence-corrected chi connectivity index (χ3v) is 2.49. The van der Waals surface area contributed by atoms with Crippen LogP contribution in [0.3, 0.4) is 0 Å². The van der Waals surface area contributed by atoms with Gasteiger partial charge < -0.3 is 5.32 Å². The molecule has 2 atom stereocenters. The molecule has 64 valence electrons. The van der Waals surface area contributed by atoms with Crippen LogP contribution in [0.15, 0.2) is 35.8 Å². The number of hydrogen-bond donors (Lipinski definition) is 1. The van der Waals surface area contributed by atoms with Crippen LogP contribution in [0.4, 0.5) is 4.39 Å². The second kappa shape index (κ2) is 2.77. The van der Waals surface area contributed by atoms with Gasteiger partial charge in [-0.3, -0.25) is 0 Å². The Balaban J connectivity index is 2.24. The lowest BCUT2D eigenvalue weighted by Gasteiger charge is -2.18. The third-order valence-electron chi connectivity index (χ3n) is 2.49. The van der Waals surface area contributed by atoms with E-state index in [1.807, 2.05) is 12.3 Å². The highest BCUT2D eigenvalue weighted by molar-refractivity contribution is 5.33. The minimum Gasteiger partial charge on any atom is -0.384 e. The first-order valence-electron chi connectivity index (χ1n) is 4.32. The van der Waals surface area contributed by atoms with Crippen molar-refractivity contribution in [1.82, 2.24) is 5.32 Å². The van der Waals surface area contributed by atoms with Crippen molar-refractivity contribution in [3.05, 3.63) is 35.8 Å². The van der Waals surface area contributed by atoms with Crippen LogP contribution in [0.5, 0.6) is 0 Å². The quantitative estimate of drug-likeness (QED) is 0.628. The summed E-state index contributed by atoms with van der Waals surface area (Å²) in [5, 5.41) is 3.22. The molecule has 2 rings (SSSR count). The van der Waals surface area contributed by atoms with Crippen LogP contribution in [0, 0.1) is 5.92 Å². The SMILES string of the molecule is CCC1=CNC2C=CC(F)=CC12. The lowest BCUT2D eigenvalue weighted by atomic mass is 9.90. The molecule has 0 fully saturated rings. The van der Waals surface area contributed by atoms with Crippen molar-refractivity contribution in [2.75, 3.05) is 0 Å². The zero-order valence-electron chi connectivity index (χ0n) is 7.05. The average molecular weight is 165 g/mol. The van der Waals surface area contributed by atoms with Crippen LogP contribution >= 0.6 is 0 Å². The van der Waals surface area contributed by atoms with E-state index in [2.05, 4.69) is 12.2 Å². The summed E-state index contributed by atoms with van der Waals surface area (Å²) in [5.74, 6) is 0.138. The molecule has 0 saturated carbocycles. The first-order valence-corrected chi connectivity index (χ1v) is 4.32. The first kappa shape index (κ1) is 7.59. The van der Waals surface area contributed by atoms with Crippen LogP contribution in [0.1, 0.15) is 13.3 Å². The molecule has 0 radical (unpaired) electrons. The minimum atomic E-state index is -0.112. The number of fused-ring (bicyclic) bond motifs is 1. The van der Waals surface area contributed by atoms with E-state index >= 15 is 0 Å². The molecule has 2 aliphatic rings. The van der Waals surface area contributed by atoms with Gasteiger partial charge in [0.05, 0.1) is 6.04 Å². The van der Waals surface area contributed by atoms with Gasteiger partial charge in [-0.25, -0.2) is 4.39 Å². The molecule has 0 saturated heterocycles. The summed E-state index contributed by atoms with van der Waals surface area (Å²) in [5.41, 5.74) is 1.29. The summed E-state index contributed by atoms with van der Waals surface area (Å²) in [6.45, 7) is 2.10. The number of halogens is 1. The maximum absolute atomic E-state index is 12.9. The number of allylic oxidation sites excluding steroid dienone is 2. The fourth-order valence-corrected chi connectivity index (χ4v) is 1.78. The smallest absolute Gasteiger partial charge is 0.119 e. The fourth-order valence-electron chi connectivity index (χ4n) is 1.78. The molecule has 1 aliphatic heterocycles. The van der Waals surface area contributed by atoms with Gasteiger partial charge in [0, 0.05) is 5.92 Å². The van der Waals surface area contributed by atoms with E-state index in [1.54, 1.807) is 6.08 Å². The van der Waals surface area contributed by atoms with Gasteiger partial charge in [0.2, 0.25) is 0 Å². The summed E-state index contributed by atoms with van der Waals surface area (Å²) >= 11 is 0. The van der Waals surface area contributed by atoms with Crippen LogP contribution in [-0.4, -0.2) is 6.04 Å². The predicted octanol–water partition coefficient (Wildman–Crippen LogP) is 2.29. The summed E-state index contributed by atoms with van der Waals surface area (Å²) < 4.78 is 12.9. The van der Waals surface area contributed by atoms with Gasteiger partial charge in [-0.05, 0) is 30.3 Å². The third kappa shape index (κ3) is 1.07. The van der Waals surface area contributed by atoms with E-state index in [0.29, 0.717) is 6.04 Å². The molecule has 0 bridgehead atoms. The van der Waals surface area contributed by atoms with Crippen LogP contribution in [0.25, 0.3) is 0 Å². The predicted molar refractivity (Wildman–Crippen MR) is 47.1 cm³/mol. The molecule has 1 aliphatic carbocycles. The van der Waals surface area contributed by atoms with Gasteiger partial charge in [-0.15, -0.1) is 0 Å². The van der Waals surface area contributed by atoms with Crippen molar-refractivity contribution < 1.29 is 4.39 Å². The summed E-state index contributed by atoms with van der Waals surface area (Å²) in [7, 11) is 0. The van der Waals surface area contributed by atoms with Crippen LogP contribution < -0.4 is 5.32 Å². The van der Waals surface area contributed by atoms with E-state index in [4.69, 9.17) is 0 Å². The molecule has 2 heteroatoms. The first-order chi connectivity index (χ1) is 5.81.